The summed E-state index contributed by atoms with van der Waals surface area (Å²) in [4.78, 5) is 5.17. The highest BCUT2D eigenvalue weighted by molar-refractivity contribution is 7.89. The standard InChI is InChI=1S/C27H35Cl2N3O3S/c1-27(2)7-10-32(36(33,34)25-17-21(28)16-22(29)18-25)19-20-15-24(3-4-26(20)27)30-8-5-23(6-9-30)31-11-13-35-14-12-31/h3-4,15-18,23H,5-14,19H2,1-2H3. The summed E-state index contributed by atoms with van der Waals surface area (Å²) in [6.45, 7) is 10.9. The minimum absolute atomic E-state index is 0.132. The Kier molecular flexibility index (Phi) is 7.61. The zero-order valence-electron chi connectivity index (χ0n) is 21.1. The Balaban J connectivity index is 1.38. The first kappa shape index (κ1) is 26.3. The van der Waals surface area contributed by atoms with Crippen molar-refractivity contribution in [2.24, 2.45) is 0 Å². The van der Waals surface area contributed by atoms with Gasteiger partial charge in [0.2, 0.25) is 10.0 Å². The van der Waals surface area contributed by atoms with E-state index in [1.807, 2.05) is 0 Å². The Bertz CT molecular complexity index is 1190. The predicted octanol–water partition coefficient (Wildman–Crippen LogP) is 5.17. The van der Waals surface area contributed by atoms with Gasteiger partial charge in [0.25, 0.3) is 0 Å². The summed E-state index contributed by atoms with van der Waals surface area (Å²) in [5.74, 6) is 0. The molecule has 5 rings (SSSR count). The fourth-order valence-electron chi connectivity index (χ4n) is 5.84. The molecule has 36 heavy (non-hydrogen) atoms. The summed E-state index contributed by atoms with van der Waals surface area (Å²) < 4.78 is 34.3. The second-order valence-electron chi connectivity index (χ2n) is 10.8. The van der Waals surface area contributed by atoms with Gasteiger partial charge in [0.1, 0.15) is 0 Å². The van der Waals surface area contributed by atoms with Gasteiger partial charge in [-0.05, 0) is 66.1 Å². The maximum Gasteiger partial charge on any atom is 0.243 e. The van der Waals surface area contributed by atoms with Gasteiger partial charge in [0.15, 0.2) is 0 Å². The van der Waals surface area contributed by atoms with Crippen molar-refractivity contribution in [3.63, 3.8) is 0 Å². The SMILES string of the molecule is CC1(C)CCN(S(=O)(=O)c2cc(Cl)cc(Cl)c2)Cc2cc(N3CCC(N4CCOCC4)CC3)ccc21. The summed E-state index contributed by atoms with van der Waals surface area (Å²) in [5.41, 5.74) is 3.33. The van der Waals surface area contributed by atoms with Crippen molar-refractivity contribution >= 4 is 38.9 Å². The van der Waals surface area contributed by atoms with Crippen LogP contribution in [0.1, 0.15) is 44.2 Å². The lowest BCUT2D eigenvalue weighted by molar-refractivity contribution is 0.0115. The average molecular weight is 553 g/mol. The summed E-state index contributed by atoms with van der Waals surface area (Å²) in [6.07, 6.45) is 3.01. The smallest absolute Gasteiger partial charge is 0.243 e. The van der Waals surface area contributed by atoms with Gasteiger partial charge in [0.05, 0.1) is 18.1 Å². The highest BCUT2D eigenvalue weighted by atomic mass is 35.5. The van der Waals surface area contributed by atoms with Crippen LogP contribution in [0.2, 0.25) is 10.0 Å². The van der Waals surface area contributed by atoms with E-state index in [-0.39, 0.29) is 10.3 Å². The predicted molar refractivity (Wildman–Crippen MR) is 146 cm³/mol. The van der Waals surface area contributed by atoms with E-state index < -0.39 is 10.0 Å². The summed E-state index contributed by atoms with van der Waals surface area (Å²) in [5, 5.41) is 0.638. The van der Waals surface area contributed by atoms with Crippen LogP contribution >= 0.6 is 23.2 Å². The van der Waals surface area contributed by atoms with Crippen molar-refractivity contribution in [3.8, 4) is 0 Å². The molecule has 0 aromatic heterocycles. The molecule has 196 valence electrons. The molecule has 3 aliphatic rings. The van der Waals surface area contributed by atoms with Gasteiger partial charge in [-0.25, -0.2) is 8.42 Å². The Morgan fingerprint density at radius 2 is 1.58 bits per heavy atom. The van der Waals surface area contributed by atoms with Crippen molar-refractivity contribution in [2.45, 2.75) is 56.0 Å². The summed E-state index contributed by atoms with van der Waals surface area (Å²) in [6, 6.07) is 11.8. The number of piperidine rings is 1. The van der Waals surface area contributed by atoms with Crippen molar-refractivity contribution < 1.29 is 13.2 Å². The van der Waals surface area contributed by atoms with Gasteiger partial charge in [-0.1, -0.05) is 43.1 Å². The number of benzene rings is 2. The van der Waals surface area contributed by atoms with Crippen molar-refractivity contribution in [1.82, 2.24) is 9.21 Å². The third-order valence-corrected chi connectivity index (χ3v) is 10.3. The second kappa shape index (κ2) is 10.4. The third-order valence-electron chi connectivity index (χ3n) is 8.02. The number of ether oxygens (including phenoxy) is 1. The molecular weight excluding hydrogens is 517 g/mol. The zero-order chi connectivity index (χ0) is 25.5. The molecule has 3 heterocycles. The summed E-state index contributed by atoms with van der Waals surface area (Å²) >= 11 is 12.3. The quantitative estimate of drug-likeness (QED) is 0.524. The largest absolute Gasteiger partial charge is 0.379 e. The summed E-state index contributed by atoms with van der Waals surface area (Å²) in [7, 11) is -3.75. The number of hydrogen-bond acceptors (Lipinski definition) is 5. The molecule has 2 aromatic rings. The number of nitrogens with zero attached hydrogens (tertiary/aromatic N) is 3. The van der Waals surface area contributed by atoms with Crippen LogP contribution < -0.4 is 4.90 Å². The molecule has 9 heteroatoms. The van der Waals surface area contributed by atoms with Crippen LogP contribution in [-0.4, -0.2) is 69.6 Å². The minimum Gasteiger partial charge on any atom is -0.379 e. The number of morpholine rings is 1. The monoisotopic (exact) mass is 551 g/mol. The van der Waals surface area contributed by atoms with Crippen LogP contribution in [0, 0.1) is 0 Å². The first-order valence-corrected chi connectivity index (χ1v) is 15.0. The Labute approximate surface area is 225 Å². The van der Waals surface area contributed by atoms with E-state index in [2.05, 4.69) is 41.8 Å². The molecule has 0 amide bonds. The van der Waals surface area contributed by atoms with Crippen LogP contribution in [0.25, 0.3) is 0 Å². The number of halogens is 2. The first-order valence-electron chi connectivity index (χ1n) is 12.8. The normalized spacial score (nSPS) is 22.3. The minimum atomic E-state index is -3.75. The molecule has 0 saturated carbocycles. The van der Waals surface area contributed by atoms with Crippen molar-refractivity contribution in [2.75, 3.05) is 50.8 Å². The molecule has 0 radical (unpaired) electrons. The fourth-order valence-corrected chi connectivity index (χ4v) is 7.99. The number of fused-ring (bicyclic) bond motifs is 1. The van der Waals surface area contributed by atoms with Gasteiger partial charge >= 0.3 is 0 Å². The molecular formula is C27H35Cl2N3O3S. The maximum atomic E-state index is 13.6. The van der Waals surface area contributed by atoms with Crippen LogP contribution in [0.4, 0.5) is 5.69 Å². The Morgan fingerprint density at radius 3 is 2.25 bits per heavy atom. The molecule has 0 bridgehead atoms. The van der Waals surface area contributed by atoms with Gasteiger partial charge < -0.3 is 9.64 Å². The van der Waals surface area contributed by atoms with Crippen molar-refractivity contribution in [3.05, 3.63) is 57.6 Å². The highest BCUT2D eigenvalue weighted by Gasteiger charge is 2.35. The van der Waals surface area contributed by atoms with Gasteiger partial charge in [0, 0.05) is 61.0 Å². The fraction of sp³-hybridized carbons (Fsp3) is 0.556. The molecule has 2 saturated heterocycles. The number of rotatable bonds is 4. The van der Waals surface area contributed by atoms with Crippen LogP contribution in [-0.2, 0) is 26.7 Å². The van der Waals surface area contributed by atoms with E-state index in [0.717, 1.165) is 64.2 Å². The maximum absolute atomic E-state index is 13.6. The lowest BCUT2D eigenvalue weighted by Crippen LogP contribution is -2.49. The van der Waals surface area contributed by atoms with Crippen LogP contribution in [0.15, 0.2) is 41.3 Å². The lowest BCUT2D eigenvalue weighted by atomic mass is 9.80. The molecule has 0 unspecified atom stereocenters. The lowest BCUT2D eigenvalue weighted by Gasteiger charge is -2.41. The average Bonchev–Trinajstić information content (AvgIpc) is 3.00. The molecule has 3 aliphatic heterocycles. The molecule has 0 spiro atoms. The van der Waals surface area contributed by atoms with Crippen LogP contribution in [0.3, 0.4) is 0 Å². The van der Waals surface area contributed by atoms with Gasteiger partial charge in [-0.3, -0.25) is 4.90 Å². The molecule has 2 fully saturated rings. The Morgan fingerprint density at radius 1 is 0.917 bits per heavy atom. The van der Waals surface area contributed by atoms with Gasteiger partial charge in [-0.15, -0.1) is 0 Å². The van der Waals surface area contributed by atoms with Crippen LogP contribution in [0.5, 0.6) is 0 Å². The topological polar surface area (TPSA) is 53.1 Å². The van der Waals surface area contributed by atoms with E-state index in [9.17, 15) is 8.42 Å². The highest BCUT2D eigenvalue weighted by Crippen LogP contribution is 2.38. The van der Waals surface area contributed by atoms with Crippen molar-refractivity contribution in [1.29, 1.82) is 0 Å². The van der Waals surface area contributed by atoms with E-state index >= 15 is 0 Å². The number of anilines is 1. The molecule has 0 N–H and O–H groups in total. The Hall–Kier alpha value is -1.35. The number of sulfonamides is 1. The van der Waals surface area contributed by atoms with E-state index in [1.165, 1.54) is 23.4 Å². The molecule has 0 atom stereocenters. The van der Waals surface area contributed by atoms with E-state index in [1.54, 1.807) is 10.4 Å². The third kappa shape index (κ3) is 5.42. The second-order valence-corrected chi connectivity index (χ2v) is 13.6. The number of hydrogen-bond donors (Lipinski definition) is 0. The molecule has 2 aromatic carbocycles. The van der Waals surface area contributed by atoms with Gasteiger partial charge in [-0.2, -0.15) is 4.31 Å². The van der Waals surface area contributed by atoms with E-state index in [4.69, 9.17) is 27.9 Å². The van der Waals surface area contributed by atoms with E-state index in [0.29, 0.717) is 29.2 Å². The zero-order valence-corrected chi connectivity index (χ0v) is 23.4. The molecule has 6 nitrogen and oxygen atoms in total. The molecule has 0 aliphatic carbocycles. The first-order chi connectivity index (χ1) is 17.1.